The van der Waals surface area contributed by atoms with E-state index in [2.05, 4.69) is 4.98 Å². The van der Waals surface area contributed by atoms with E-state index in [4.69, 9.17) is 4.74 Å². The largest absolute Gasteiger partial charge is 0.492 e. The number of Topliss-reactive ketones (excluding diaryl/α,β-unsaturated/α-hetero) is 1. The predicted octanol–water partition coefficient (Wildman–Crippen LogP) is 3.44. The summed E-state index contributed by atoms with van der Waals surface area (Å²) in [6.45, 7) is 2.49. The third-order valence-corrected chi connectivity index (χ3v) is 3.31. The Morgan fingerprint density at radius 1 is 1.25 bits per heavy atom. The van der Waals surface area contributed by atoms with Gasteiger partial charge in [-0.3, -0.25) is 9.78 Å². The summed E-state index contributed by atoms with van der Waals surface area (Å²) in [6, 6.07) is 11.4. The van der Waals surface area contributed by atoms with Crippen LogP contribution in [0.3, 0.4) is 0 Å². The number of carbonyl (C=O) groups is 1. The first-order valence-corrected chi connectivity index (χ1v) is 6.64. The van der Waals surface area contributed by atoms with Crippen molar-refractivity contribution in [3.63, 3.8) is 0 Å². The number of aromatic nitrogens is 1. The van der Waals surface area contributed by atoms with E-state index in [0.29, 0.717) is 24.3 Å². The topological polar surface area (TPSA) is 39.2 Å². The summed E-state index contributed by atoms with van der Waals surface area (Å²) in [5.41, 5.74) is 3.24. The van der Waals surface area contributed by atoms with Crippen LogP contribution in [-0.4, -0.2) is 17.4 Å². The molecular weight excluding hydrogens is 250 g/mol. The van der Waals surface area contributed by atoms with E-state index < -0.39 is 0 Å². The lowest BCUT2D eigenvalue weighted by Gasteiger charge is -2.06. The van der Waals surface area contributed by atoms with Gasteiger partial charge in [0.05, 0.1) is 17.9 Å². The highest BCUT2D eigenvalue weighted by Crippen LogP contribution is 2.28. The fourth-order valence-corrected chi connectivity index (χ4v) is 2.28. The van der Waals surface area contributed by atoms with Gasteiger partial charge in [-0.1, -0.05) is 17.7 Å². The number of ether oxygens (including phenoxy) is 1. The molecular formula is C17H15NO2. The second-order valence-electron chi connectivity index (χ2n) is 4.85. The first-order chi connectivity index (χ1) is 9.74. The third kappa shape index (κ3) is 2.48. The van der Waals surface area contributed by atoms with Gasteiger partial charge in [0.25, 0.3) is 0 Å². The normalized spacial score (nSPS) is 16.4. The molecule has 0 amide bonds. The molecule has 100 valence electrons. The van der Waals surface area contributed by atoms with Crippen molar-refractivity contribution >= 4 is 11.9 Å². The molecule has 0 fully saturated rings. The minimum atomic E-state index is 0.0341. The van der Waals surface area contributed by atoms with Crippen molar-refractivity contribution < 1.29 is 9.53 Å². The van der Waals surface area contributed by atoms with Crippen LogP contribution < -0.4 is 4.74 Å². The number of pyridine rings is 1. The van der Waals surface area contributed by atoms with Crippen molar-refractivity contribution in [3.8, 4) is 5.75 Å². The second kappa shape index (κ2) is 5.29. The van der Waals surface area contributed by atoms with Crippen LogP contribution in [0.4, 0.5) is 0 Å². The van der Waals surface area contributed by atoms with Gasteiger partial charge in [-0.15, -0.1) is 0 Å². The molecule has 0 spiro atoms. The summed E-state index contributed by atoms with van der Waals surface area (Å²) in [7, 11) is 0. The molecule has 0 unspecified atom stereocenters. The standard InChI is InChI=1S/C17H15NO2/c1-12-5-6-16-15(10-12)17(19)13(7-9-20-16)11-14-4-2-3-8-18-14/h2-6,8,10-11H,7,9H2,1H3. The molecule has 2 aromatic rings. The Morgan fingerprint density at radius 3 is 2.95 bits per heavy atom. The second-order valence-corrected chi connectivity index (χ2v) is 4.85. The van der Waals surface area contributed by atoms with Crippen LogP contribution in [0.25, 0.3) is 6.08 Å². The molecule has 3 heteroatoms. The number of nitrogens with zero attached hydrogens (tertiary/aromatic N) is 1. The van der Waals surface area contributed by atoms with Gasteiger partial charge in [-0.05, 0) is 37.3 Å². The first-order valence-electron chi connectivity index (χ1n) is 6.64. The van der Waals surface area contributed by atoms with Gasteiger partial charge < -0.3 is 4.74 Å². The van der Waals surface area contributed by atoms with E-state index in [9.17, 15) is 4.79 Å². The Labute approximate surface area is 117 Å². The van der Waals surface area contributed by atoms with Crippen LogP contribution in [0.1, 0.15) is 28.0 Å². The zero-order valence-corrected chi connectivity index (χ0v) is 11.3. The Kier molecular flexibility index (Phi) is 3.33. The highest BCUT2D eigenvalue weighted by atomic mass is 16.5. The molecule has 1 aromatic carbocycles. The maximum atomic E-state index is 12.6. The van der Waals surface area contributed by atoms with E-state index in [-0.39, 0.29) is 5.78 Å². The van der Waals surface area contributed by atoms with Crippen LogP contribution in [0.5, 0.6) is 5.75 Å². The van der Waals surface area contributed by atoms with Gasteiger partial charge in [0.15, 0.2) is 5.78 Å². The molecule has 0 radical (unpaired) electrons. The average Bonchev–Trinajstić information content (AvgIpc) is 2.61. The first kappa shape index (κ1) is 12.6. The molecule has 3 rings (SSSR count). The maximum Gasteiger partial charge on any atom is 0.192 e. The minimum Gasteiger partial charge on any atom is -0.492 e. The molecule has 1 aromatic heterocycles. The van der Waals surface area contributed by atoms with Gasteiger partial charge in [0, 0.05) is 18.2 Å². The van der Waals surface area contributed by atoms with E-state index in [1.807, 2.05) is 49.4 Å². The zero-order valence-electron chi connectivity index (χ0n) is 11.3. The summed E-state index contributed by atoms with van der Waals surface area (Å²) in [5.74, 6) is 0.705. The Morgan fingerprint density at radius 2 is 2.15 bits per heavy atom. The summed E-state index contributed by atoms with van der Waals surface area (Å²) >= 11 is 0. The van der Waals surface area contributed by atoms with Crippen LogP contribution in [0.2, 0.25) is 0 Å². The van der Waals surface area contributed by atoms with Crippen molar-refractivity contribution in [2.75, 3.05) is 6.61 Å². The molecule has 0 atom stereocenters. The average molecular weight is 265 g/mol. The van der Waals surface area contributed by atoms with Crippen molar-refractivity contribution in [1.29, 1.82) is 0 Å². The number of carbonyl (C=O) groups excluding carboxylic acids is 1. The minimum absolute atomic E-state index is 0.0341. The summed E-state index contributed by atoms with van der Waals surface area (Å²) in [6.07, 6.45) is 4.18. The number of rotatable bonds is 1. The van der Waals surface area contributed by atoms with E-state index in [1.54, 1.807) is 6.20 Å². The fraction of sp³-hybridized carbons (Fsp3) is 0.176. The highest BCUT2D eigenvalue weighted by Gasteiger charge is 2.21. The van der Waals surface area contributed by atoms with Gasteiger partial charge in [-0.25, -0.2) is 0 Å². The molecule has 1 aliphatic rings. The summed E-state index contributed by atoms with van der Waals surface area (Å²) < 4.78 is 5.66. The molecule has 0 saturated heterocycles. The zero-order chi connectivity index (χ0) is 13.9. The van der Waals surface area contributed by atoms with Crippen molar-refractivity contribution in [3.05, 3.63) is 65.0 Å². The van der Waals surface area contributed by atoms with Gasteiger partial charge in [0.2, 0.25) is 0 Å². The smallest absolute Gasteiger partial charge is 0.192 e. The number of hydrogen-bond acceptors (Lipinski definition) is 3. The number of ketones is 1. The summed E-state index contributed by atoms with van der Waals surface area (Å²) in [5, 5.41) is 0. The van der Waals surface area contributed by atoms with Crippen LogP contribution >= 0.6 is 0 Å². The molecule has 0 aliphatic carbocycles. The molecule has 3 nitrogen and oxygen atoms in total. The molecule has 0 bridgehead atoms. The number of benzene rings is 1. The monoisotopic (exact) mass is 265 g/mol. The Bertz CT molecular complexity index is 675. The SMILES string of the molecule is Cc1ccc2c(c1)C(=O)C(=Cc1ccccn1)CCO2. The molecule has 20 heavy (non-hydrogen) atoms. The molecule has 1 aliphatic heterocycles. The van der Waals surface area contributed by atoms with Gasteiger partial charge in [0.1, 0.15) is 5.75 Å². The van der Waals surface area contributed by atoms with Crippen LogP contribution in [0, 0.1) is 6.92 Å². The lowest BCUT2D eigenvalue weighted by Crippen LogP contribution is -2.02. The number of hydrogen-bond donors (Lipinski definition) is 0. The van der Waals surface area contributed by atoms with E-state index in [1.165, 1.54) is 0 Å². The lowest BCUT2D eigenvalue weighted by molar-refractivity contribution is 0.103. The molecule has 2 heterocycles. The maximum absolute atomic E-state index is 12.6. The van der Waals surface area contributed by atoms with E-state index >= 15 is 0 Å². The molecule has 0 saturated carbocycles. The lowest BCUT2D eigenvalue weighted by atomic mass is 9.99. The van der Waals surface area contributed by atoms with Gasteiger partial charge in [-0.2, -0.15) is 0 Å². The Hall–Kier alpha value is -2.42. The van der Waals surface area contributed by atoms with E-state index in [0.717, 1.165) is 16.8 Å². The van der Waals surface area contributed by atoms with Gasteiger partial charge >= 0.3 is 0 Å². The Balaban J connectivity index is 2.03. The quantitative estimate of drug-likeness (QED) is 0.741. The molecule has 0 N–H and O–H groups in total. The summed E-state index contributed by atoms with van der Waals surface area (Å²) in [4.78, 5) is 16.9. The van der Waals surface area contributed by atoms with Crippen molar-refractivity contribution in [2.45, 2.75) is 13.3 Å². The number of aryl methyl sites for hydroxylation is 1. The fourth-order valence-electron chi connectivity index (χ4n) is 2.28. The predicted molar refractivity (Wildman–Crippen MR) is 77.8 cm³/mol. The number of fused-ring (bicyclic) bond motifs is 1. The van der Waals surface area contributed by atoms with Crippen LogP contribution in [-0.2, 0) is 0 Å². The van der Waals surface area contributed by atoms with Crippen molar-refractivity contribution in [2.24, 2.45) is 0 Å². The van der Waals surface area contributed by atoms with Crippen molar-refractivity contribution in [1.82, 2.24) is 4.98 Å². The third-order valence-electron chi connectivity index (χ3n) is 3.31. The highest BCUT2D eigenvalue weighted by molar-refractivity contribution is 6.13. The van der Waals surface area contributed by atoms with Crippen LogP contribution in [0.15, 0.2) is 48.2 Å².